The lowest BCUT2D eigenvalue weighted by molar-refractivity contribution is -0.121. The Hall–Kier alpha value is -1.62. The van der Waals surface area contributed by atoms with Crippen LogP contribution in [0.2, 0.25) is 0 Å². The van der Waals surface area contributed by atoms with E-state index in [1.54, 1.807) is 18.2 Å². The molecule has 0 aliphatic carbocycles. The van der Waals surface area contributed by atoms with Gasteiger partial charge in [0.05, 0.1) is 6.54 Å². The minimum atomic E-state index is -0.381. The fraction of sp³-hybridized carbons (Fsp3) is 0.588. The SMILES string of the molecule is C[C@@H](CCC(=O)NCCOc1ccccc1F)N1CCCC1. The molecule has 1 N–H and O–H groups in total. The fourth-order valence-electron chi connectivity index (χ4n) is 2.71. The summed E-state index contributed by atoms with van der Waals surface area (Å²) in [5.74, 6) is -0.129. The summed E-state index contributed by atoms with van der Waals surface area (Å²) in [7, 11) is 0. The molecule has 0 aromatic heterocycles. The monoisotopic (exact) mass is 308 g/mol. The number of hydrogen-bond donors (Lipinski definition) is 1. The Bertz CT molecular complexity index is 475. The molecular weight excluding hydrogens is 283 g/mol. The first kappa shape index (κ1) is 16.7. The number of nitrogens with zero attached hydrogens (tertiary/aromatic N) is 1. The van der Waals surface area contributed by atoms with Gasteiger partial charge in [0.2, 0.25) is 5.91 Å². The lowest BCUT2D eigenvalue weighted by Crippen LogP contribution is -2.33. The van der Waals surface area contributed by atoms with Gasteiger partial charge in [-0.15, -0.1) is 0 Å². The normalized spacial score (nSPS) is 16.5. The predicted molar refractivity (Wildman–Crippen MR) is 84.4 cm³/mol. The van der Waals surface area contributed by atoms with Crippen molar-refractivity contribution in [1.29, 1.82) is 0 Å². The molecule has 1 heterocycles. The number of likely N-dealkylation sites (tertiary alicyclic amines) is 1. The molecule has 1 aromatic rings. The standard InChI is InChI=1S/C17H25FN2O2/c1-14(20-11-4-5-12-20)8-9-17(21)19-10-13-22-16-7-3-2-6-15(16)18/h2-3,6-7,14H,4-5,8-13H2,1H3,(H,19,21)/t14-/m0/s1. The molecule has 0 saturated carbocycles. The van der Waals surface area contributed by atoms with E-state index in [4.69, 9.17) is 4.74 Å². The van der Waals surface area contributed by atoms with E-state index in [-0.39, 0.29) is 24.1 Å². The molecule has 22 heavy (non-hydrogen) atoms. The van der Waals surface area contributed by atoms with E-state index in [9.17, 15) is 9.18 Å². The molecule has 1 aliphatic heterocycles. The third kappa shape index (κ3) is 5.30. The summed E-state index contributed by atoms with van der Waals surface area (Å²) in [4.78, 5) is 14.2. The highest BCUT2D eigenvalue weighted by Gasteiger charge is 2.18. The van der Waals surface area contributed by atoms with E-state index < -0.39 is 0 Å². The highest BCUT2D eigenvalue weighted by molar-refractivity contribution is 5.75. The van der Waals surface area contributed by atoms with Crippen LogP contribution in [-0.4, -0.2) is 43.1 Å². The molecular formula is C17H25FN2O2. The van der Waals surface area contributed by atoms with Gasteiger partial charge in [0.1, 0.15) is 6.61 Å². The number of nitrogens with one attached hydrogen (secondary N) is 1. The van der Waals surface area contributed by atoms with Crippen molar-refractivity contribution in [3.05, 3.63) is 30.1 Å². The maximum atomic E-state index is 13.3. The number of para-hydroxylation sites is 1. The van der Waals surface area contributed by atoms with Crippen LogP contribution in [0.3, 0.4) is 0 Å². The minimum absolute atomic E-state index is 0.0307. The summed E-state index contributed by atoms with van der Waals surface area (Å²) in [5.41, 5.74) is 0. The second-order valence-corrected chi connectivity index (χ2v) is 5.76. The number of benzene rings is 1. The average Bonchev–Trinajstić information content (AvgIpc) is 3.05. The van der Waals surface area contributed by atoms with Crippen molar-refractivity contribution in [2.45, 2.75) is 38.6 Å². The molecule has 1 saturated heterocycles. The van der Waals surface area contributed by atoms with E-state index >= 15 is 0 Å². The van der Waals surface area contributed by atoms with E-state index in [0.29, 0.717) is 19.0 Å². The first-order chi connectivity index (χ1) is 10.7. The molecule has 0 bridgehead atoms. The van der Waals surface area contributed by atoms with E-state index in [1.165, 1.54) is 18.9 Å². The molecule has 0 spiro atoms. The number of hydrogen-bond acceptors (Lipinski definition) is 3. The highest BCUT2D eigenvalue weighted by atomic mass is 19.1. The number of ether oxygens (including phenoxy) is 1. The van der Waals surface area contributed by atoms with E-state index in [0.717, 1.165) is 19.5 Å². The Kier molecular flexibility index (Phi) is 6.65. The van der Waals surface area contributed by atoms with Gasteiger partial charge in [-0.05, 0) is 51.4 Å². The molecule has 0 radical (unpaired) electrons. The third-order valence-corrected chi connectivity index (χ3v) is 4.07. The van der Waals surface area contributed by atoms with Gasteiger partial charge in [-0.3, -0.25) is 4.79 Å². The number of rotatable bonds is 8. The van der Waals surface area contributed by atoms with Crippen LogP contribution < -0.4 is 10.1 Å². The van der Waals surface area contributed by atoms with Crippen molar-refractivity contribution in [2.75, 3.05) is 26.2 Å². The summed E-state index contributed by atoms with van der Waals surface area (Å²) in [5, 5.41) is 2.81. The van der Waals surface area contributed by atoms with Crippen molar-refractivity contribution >= 4 is 5.91 Å². The topological polar surface area (TPSA) is 41.6 Å². The Morgan fingerprint density at radius 3 is 2.82 bits per heavy atom. The van der Waals surface area contributed by atoms with Crippen molar-refractivity contribution in [3.8, 4) is 5.75 Å². The van der Waals surface area contributed by atoms with Crippen molar-refractivity contribution in [1.82, 2.24) is 10.2 Å². The maximum absolute atomic E-state index is 13.3. The predicted octanol–water partition coefficient (Wildman–Crippen LogP) is 2.59. The Morgan fingerprint density at radius 2 is 2.09 bits per heavy atom. The molecule has 1 amide bonds. The molecule has 1 atom stereocenters. The van der Waals surface area contributed by atoms with Crippen molar-refractivity contribution < 1.29 is 13.9 Å². The van der Waals surface area contributed by atoms with Crippen LogP contribution in [-0.2, 0) is 4.79 Å². The Morgan fingerprint density at radius 1 is 1.36 bits per heavy atom. The molecule has 1 aromatic carbocycles. The van der Waals surface area contributed by atoms with Gasteiger partial charge in [-0.2, -0.15) is 0 Å². The zero-order chi connectivity index (χ0) is 15.8. The van der Waals surface area contributed by atoms with Crippen LogP contribution in [0.4, 0.5) is 4.39 Å². The first-order valence-electron chi connectivity index (χ1n) is 8.05. The fourth-order valence-corrected chi connectivity index (χ4v) is 2.71. The van der Waals surface area contributed by atoms with Gasteiger partial charge in [-0.1, -0.05) is 12.1 Å². The Balaban J connectivity index is 1.57. The molecule has 1 aliphatic rings. The molecule has 4 nitrogen and oxygen atoms in total. The molecule has 122 valence electrons. The summed E-state index contributed by atoms with van der Waals surface area (Å²) < 4.78 is 18.6. The quantitative estimate of drug-likeness (QED) is 0.751. The van der Waals surface area contributed by atoms with E-state index in [2.05, 4.69) is 17.1 Å². The second-order valence-electron chi connectivity index (χ2n) is 5.76. The van der Waals surface area contributed by atoms with Crippen LogP contribution in [0.1, 0.15) is 32.6 Å². The van der Waals surface area contributed by atoms with Crippen LogP contribution in [0.5, 0.6) is 5.75 Å². The number of halogens is 1. The first-order valence-corrected chi connectivity index (χ1v) is 8.05. The van der Waals surface area contributed by atoms with E-state index in [1.807, 2.05) is 0 Å². The highest BCUT2D eigenvalue weighted by Crippen LogP contribution is 2.15. The molecule has 2 rings (SSSR count). The molecule has 1 fully saturated rings. The third-order valence-electron chi connectivity index (χ3n) is 4.07. The van der Waals surface area contributed by atoms with Crippen LogP contribution in [0, 0.1) is 5.82 Å². The van der Waals surface area contributed by atoms with Gasteiger partial charge < -0.3 is 15.0 Å². The molecule has 5 heteroatoms. The van der Waals surface area contributed by atoms with Crippen LogP contribution in [0.25, 0.3) is 0 Å². The largest absolute Gasteiger partial charge is 0.489 e. The zero-order valence-electron chi connectivity index (χ0n) is 13.2. The smallest absolute Gasteiger partial charge is 0.220 e. The maximum Gasteiger partial charge on any atom is 0.220 e. The average molecular weight is 308 g/mol. The summed E-state index contributed by atoms with van der Waals surface area (Å²) in [6, 6.07) is 6.73. The lowest BCUT2D eigenvalue weighted by Gasteiger charge is -2.23. The van der Waals surface area contributed by atoms with Gasteiger partial charge in [0.15, 0.2) is 11.6 Å². The lowest BCUT2D eigenvalue weighted by atomic mass is 10.1. The zero-order valence-corrected chi connectivity index (χ0v) is 13.2. The number of amides is 1. The number of carbonyl (C=O) groups excluding carboxylic acids is 1. The van der Waals surface area contributed by atoms with Gasteiger partial charge >= 0.3 is 0 Å². The minimum Gasteiger partial charge on any atom is -0.489 e. The van der Waals surface area contributed by atoms with Gasteiger partial charge in [0.25, 0.3) is 0 Å². The summed E-state index contributed by atoms with van der Waals surface area (Å²) in [6.45, 7) is 5.15. The van der Waals surface area contributed by atoms with Crippen molar-refractivity contribution in [3.63, 3.8) is 0 Å². The van der Waals surface area contributed by atoms with Crippen LogP contribution in [0.15, 0.2) is 24.3 Å². The van der Waals surface area contributed by atoms with Gasteiger partial charge in [0, 0.05) is 12.5 Å². The second kappa shape index (κ2) is 8.73. The van der Waals surface area contributed by atoms with Crippen LogP contribution >= 0.6 is 0 Å². The Labute approximate surface area is 131 Å². The summed E-state index contributed by atoms with van der Waals surface area (Å²) in [6.07, 6.45) is 3.94. The number of carbonyl (C=O) groups is 1. The van der Waals surface area contributed by atoms with Crippen molar-refractivity contribution in [2.24, 2.45) is 0 Å². The van der Waals surface area contributed by atoms with Gasteiger partial charge in [-0.25, -0.2) is 4.39 Å². The summed E-state index contributed by atoms with van der Waals surface area (Å²) >= 11 is 0. The molecule has 0 unspecified atom stereocenters.